The number of benzene rings is 1. The van der Waals surface area contributed by atoms with Gasteiger partial charge in [0.25, 0.3) is 0 Å². The number of amides is 1. The van der Waals surface area contributed by atoms with Crippen LogP contribution in [-0.4, -0.2) is 47.5 Å². The lowest BCUT2D eigenvalue weighted by molar-refractivity contribution is -0.124. The van der Waals surface area contributed by atoms with E-state index >= 15 is 0 Å². The van der Waals surface area contributed by atoms with Gasteiger partial charge in [0.1, 0.15) is 11.3 Å². The van der Waals surface area contributed by atoms with E-state index in [-0.39, 0.29) is 30.0 Å². The van der Waals surface area contributed by atoms with Crippen LogP contribution in [0.15, 0.2) is 47.2 Å². The van der Waals surface area contributed by atoms with Crippen LogP contribution in [0, 0.1) is 11.8 Å². The third kappa shape index (κ3) is 5.52. The SMILES string of the molecule is CCOC(=O)c1cn(-c2ccc(-c3ccco3)c(Cl)c2)nc1N(C(=O)[C@H]1CC[C@H](C)CC1)C1CCOCC1. The first kappa shape index (κ1) is 26.5. The van der Waals surface area contributed by atoms with Gasteiger partial charge in [-0.1, -0.05) is 18.5 Å². The van der Waals surface area contributed by atoms with Crippen LogP contribution in [0.4, 0.5) is 5.82 Å². The number of rotatable bonds is 7. The Balaban J connectivity index is 1.55. The van der Waals surface area contributed by atoms with E-state index in [0.29, 0.717) is 54.3 Å². The molecular formula is C29H34ClN3O5. The molecule has 3 aromatic rings. The number of esters is 1. The molecule has 3 heterocycles. The fourth-order valence-electron chi connectivity index (χ4n) is 5.41. The summed E-state index contributed by atoms with van der Waals surface area (Å²) in [7, 11) is 0. The second-order valence-corrected chi connectivity index (χ2v) is 10.6. The first-order valence-electron chi connectivity index (χ1n) is 13.5. The van der Waals surface area contributed by atoms with E-state index in [4.69, 9.17) is 30.6 Å². The smallest absolute Gasteiger partial charge is 0.343 e. The summed E-state index contributed by atoms with van der Waals surface area (Å²) in [6.07, 6.45) is 8.35. The van der Waals surface area contributed by atoms with Crippen LogP contribution in [0.25, 0.3) is 17.0 Å². The molecule has 2 aliphatic rings. The van der Waals surface area contributed by atoms with Crippen molar-refractivity contribution in [3.05, 3.63) is 53.4 Å². The predicted molar refractivity (Wildman–Crippen MR) is 145 cm³/mol. The molecule has 1 aliphatic heterocycles. The van der Waals surface area contributed by atoms with Crippen LogP contribution in [0.1, 0.15) is 62.7 Å². The molecule has 5 rings (SSSR count). The minimum absolute atomic E-state index is 0.0331. The number of carbonyl (C=O) groups is 2. The van der Waals surface area contributed by atoms with Crippen molar-refractivity contribution in [1.29, 1.82) is 0 Å². The predicted octanol–water partition coefficient (Wildman–Crippen LogP) is 6.30. The summed E-state index contributed by atoms with van der Waals surface area (Å²) in [5.74, 6) is 1.06. The summed E-state index contributed by atoms with van der Waals surface area (Å²) in [4.78, 5) is 29.0. The summed E-state index contributed by atoms with van der Waals surface area (Å²) >= 11 is 6.61. The molecule has 0 spiro atoms. The van der Waals surface area contributed by atoms with Gasteiger partial charge in [-0.05, 0) is 81.7 Å². The standard InChI is InChI=1S/C29H34ClN3O5/c1-3-37-29(35)24-18-32(22-10-11-23(25(30)17-22)26-5-4-14-38-26)31-27(24)33(21-12-15-36-16-13-21)28(34)20-8-6-19(2)7-9-20/h4-5,10-11,14,17-21H,3,6-9,12-13,15-16H2,1-2H3/t19-,20-. The van der Waals surface area contributed by atoms with Gasteiger partial charge in [-0.25, -0.2) is 9.48 Å². The van der Waals surface area contributed by atoms with Gasteiger partial charge in [-0.15, -0.1) is 5.10 Å². The van der Waals surface area contributed by atoms with Crippen LogP contribution in [0.3, 0.4) is 0 Å². The normalized spacial score (nSPS) is 20.3. The fourth-order valence-corrected chi connectivity index (χ4v) is 5.68. The monoisotopic (exact) mass is 539 g/mol. The van der Waals surface area contributed by atoms with E-state index in [9.17, 15) is 9.59 Å². The minimum atomic E-state index is -0.505. The molecule has 202 valence electrons. The van der Waals surface area contributed by atoms with Crippen LogP contribution in [0.2, 0.25) is 5.02 Å². The van der Waals surface area contributed by atoms with Crippen LogP contribution in [-0.2, 0) is 14.3 Å². The fraction of sp³-hybridized carbons (Fsp3) is 0.483. The zero-order chi connectivity index (χ0) is 26.6. The largest absolute Gasteiger partial charge is 0.464 e. The number of carbonyl (C=O) groups excluding carboxylic acids is 2. The summed E-state index contributed by atoms with van der Waals surface area (Å²) in [6.45, 7) is 5.35. The maximum atomic E-state index is 14.1. The minimum Gasteiger partial charge on any atom is -0.464 e. The van der Waals surface area contributed by atoms with Crippen molar-refractivity contribution in [2.45, 2.75) is 58.4 Å². The number of aromatic nitrogens is 2. The number of nitrogens with zero attached hydrogens (tertiary/aromatic N) is 3. The highest BCUT2D eigenvalue weighted by Gasteiger charge is 2.37. The average molecular weight is 540 g/mol. The summed E-state index contributed by atoms with van der Waals surface area (Å²) in [5.41, 5.74) is 1.68. The molecule has 38 heavy (non-hydrogen) atoms. The molecule has 1 saturated heterocycles. The summed E-state index contributed by atoms with van der Waals surface area (Å²) in [5, 5.41) is 5.31. The lowest BCUT2D eigenvalue weighted by atomic mass is 9.82. The zero-order valence-corrected chi connectivity index (χ0v) is 22.7. The quantitative estimate of drug-likeness (QED) is 0.327. The topological polar surface area (TPSA) is 86.8 Å². The van der Waals surface area contributed by atoms with Crippen LogP contribution in [0.5, 0.6) is 0 Å². The Morgan fingerprint density at radius 2 is 1.89 bits per heavy atom. The highest BCUT2D eigenvalue weighted by atomic mass is 35.5. The average Bonchev–Trinajstić information content (AvgIpc) is 3.61. The summed E-state index contributed by atoms with van der Waals surface area (Å²) in [6, 6.07) is 9.03. The molecule has 0 radical (unpaired) electrons. The van der Waals surface area contributed by atoms with Crippen molar-refractivity contribution >= 4 is 29.3 Å². The van der Waals surface area contributed by atoms with Crippen molar-refractivity contribution < 1.29 is 23.5 Å². The van der Waals surface area contributed by atoms with Gasteiger partial charge in [-0.2, -0.15) is 0 Å². The van der Waals surface area contributed by atoms with Gasteiger partial charge in [0.15, 0.2) is 5.82 Å². The number of ether oxygens (including phenoxy) is 2. The molecule has 2 fully saturated rings. The molecule has 9 heteroatoms. The van der Waals surface area contributed by atoms with Gasteiger partial charge < -0.3 is 13.9 Å². The molecule has 1 amide bonds. The first-order chi connectivity index (χ1) is 18.5. The molecule has 0 atom stereocenters. The first-order valence-corrected chi connectivity index (χ1v) is 13.9. The Morgan fingerprint density at radius 3 is 2.55 bits per heavy atom. The third-order valence-corrected chi connectivity index (χ3v) is 7.89. The van der Waals surface area contributed by atoms with Crippen molar-refractivity contribution in [2.24, 2.45) is 11.8 Å². The molecule has 2 aromatic heterocycles. The van der Waals surface area contributed by atoms with E-state index in [1.165, 1.54) is 0 Å². The number of furan rings is 1. The maximum Gasteiger partial charge on any atom is 0.343 e. The van der Waals surface area contributed by atoms with Crippen molar-refractivity contribution in [3.63, 3.8) is 0 Å². The van der Waals surface area contributed by atoms with Gasteiger partial charge in [0, 0.05) is 36.9 Å². The van der Waals surface area contributed by atoms with Crippen molar-refractivity contribution in [2.75, 3.05) is 24.7 Å². The number of anilines is 1. The number of hydrogen-bond acceptors (Lipinski definition) is 6. The third-order valence-electron chi connectivity index (χ3n) is 7.58. The number of halogens is 1. The van der Waals surface area contributed by atoms with E-state index in [0.717, 1.165) is 31.2 Å². The molecule has 0 unspecified atom stereocenters. The molecule has 8 nitrogen and oxygen atoms in total. The van der Waals surface area contributed by atoms with Gasteiger partial charge in [-0.3, -0.25) is 9.69 Å². The molecule has 1 aromatic carbocycles. The second kappa shape index (κ2) is 11.7. The van der Waals surface area contributed by atoms with E-state index < -0.39 is 5.97 Å². The molecule has 0 bridgehead atoms. The Kier molecular flexibility index (Phi) is 8.19. The zero-order valence-electron chi connectivity index (χ0n) is 21.9. The Labute approximate surface area is 227 Å². The van der Waals surface area contributed by atoms with Crippen LogP contribution >= 0.6 is 11.6 Å². The van der Waals surface area contributed by atoms with Crippen molar-refractivity contribution in [3.8, 4) is 17.0 Å². The molecule has 1 saturated carbocycles. The Hall–Kier alpha value is -3.10. The van der Waals surface area contributed by atoms with E-state index in [2.05, 4.69) is 6.92 Å². The highest BCUT2D eigenvalue weighted by Crippen LogP contribution is 2.35. The van der Waals surface area contributed by atoms with Crippen molar-refractivity contribution in [1.82, 2.24) is 9.78 Å². The van der Waals surface area contributed by atoms with Crippen LogP contribution < -0.4 is 4.90 Å². The van der Waals surface area contributed by atoms with E-state index in [1.807, 2.05) is 18.2 Å². The second-order valence-electron chi connectivity index (χ2n) is 10.2. The summed E-state index contributed by atoms with van der Waals surface area (Å²) < 4.78 is 18.1. The Morgan fingerprint density at radius 1 is 1.13 bits per heavy atom. The lowest BCUT2D eigenvalue weighted by Crippen LogP contribution is -2.47. The lowest BCUT2D eigenvalue weighted by Gasteiger charge is -2.37. The van der Waals surface area contributed by atoms with E-state index in [1.54, 1.807) is 41.1 Å². The van der Waals surface area contributed by atoms with Gasteiger partial charge >= 0.3 is 5.97 Å². The molecule has 0 N–H and O–H groups in total. The van der Waals surface area contributed by atoms with Gasteiger partial charge in [0.2, 0.25) is 5.91 Å². The molecular weight excluding hydrogens is 506 g/mol. The Bertz CT molecular complexity index is 1260. The molecule has 1 aliphatic carbocycles. The number of hydrogen-bond donors (Lipinski definition) is 0. The highest BCUT2D eigenvalue weighted by molar-refractivity contribution is 6.33. The maximum absolute atomic E-state index is 14.1. The van der Waals surface area contributed by atoms with Gasteiger partial charge in [0.05, 0.1) is 23.6 Å².